The molecule has 2 fully saturated rings. The second-order valence-electron chi connectivity index (χ2n) is 5.35. The number of nitrogens with one attached hydrogen (secondary N) is 1. The number of halogens is 2. The Balaban J connectivity index is 1.75. The van der Waals surface area contributed by atoms with Crippen LogP contribution in [0.5, 0.6) is 0 Å². The van der Waals surface area contributed by atoms with Crippen LogP contribution in [0.25, 0.3) is 0 Å². The normalized spacial score (nSPS) is 25.2. The summed E-state index contributed by atoms with van der Waals surface area (Å²) in [5.74, 6) is -1.16. The molecule has 1 aromatic rings. The lowest BCUT2D eigenvalue weighted by Gasteiger charge is -2.33. The lowest BCUT2D eigenvalue weighted by Crippen LogP contribution is -2.54. The molecular formula is C14H14ClFN2O3. The molecule has 1 N–H and O–H groups in total. The van der Waals surface area contributed by atoms with Crippen molar-refractivity contribution in [2.75, 3.05) is 26.2 Å². The molecular weight excluding hydrogens is 299 g/mol. The molecule has 1 spiro atoms. The lowest BCUT2D eigenvalue weighted by atomic mass is 10.0. The average molecular weight is 313 g/mol. The summed E-state index contributed by atoms with van der Waals surface area (Å²) in [7, 11) is 0. The Bertz CT molecular complexity index is 598. The Kier molecular flexibility index (Phi) is 3.59. The van der Waals surface area contributed by atoms with Crippen LogP contribution in [0.3, 0.4) is 0 Å². The summed E-state index contributed by atoms with van der Waals surface area (Å²) in [5, 5.41) is 3.05. The van der Waals surface area contributed by atoms with Gasteiger partial charge in [-0.05, 0) is 24.6 Å². The number of carbonyl (C=O) groups excluding carboxylic acids is 2. The van der Waals surface area contributed by atoms with Crippen LogP contribution in [0.4, 0.5) is 4.39 Å². The predicted molar refractivity (Wildman–Crippen MR) is 73.6 cm³/mol. The predicted octanol–water partition coefficient (Wildman–Crippen LogP) is 1.21. The molecule has 1 unspecified atom stereocenters. The molecule has 21 heavy (non-hydrogen) atoms. The molecule has 0 radical (unpaired) electrons. The fraction of sp³-hybridized carbons (Fsp3) is 0.429. The SMILES string of the molecule is O=C1COC2(CCN(C(=O)c3cc(Cl)ccc3F)C2)CN1. The highest BCUT2D eigenvalue weighted by molar-refractivity contribution is 6.31. The largest absolute Gasteiger partial charge is 0.361 e. The summed E-state index contributed by atoms with van der Waals surface area (Å²) in [4.78, 5) is 25.1. The number of nitrogens with zero attached hydrogens (tertiary/aromatic N) is 1. The highest BCUT2D eigenvalue weighted by atomic mass is 35.5. The summed E-state index contributed by atoms with van der Waals surface area (Å²) in [5.41, 5.74) is -0.599. The van der Waals surface area contributed by atoms with Crippen LogP contribution in [0, 0.1) is 5.82 Å². The highest BCUT2D eigenvalue weighted by Crippen LogP contribution is 2.28. The van der Waals surface area contributed by atoms with Crippen LogP contribution < -0.4 is 5.32 Å². The number of hydrogen-bond acceptors (Lipinski definition) is 3. The maximum Gasteiger partial charge on any atom is 0.256 e. The van der Waals surface area contributed by atoms with Gasteiger partial charge in [0.15, 0.2) is 0 Å². The Morgan fingerprint density at radius 2 is 2.29 bits per heavy atom. The standard InChI is InChI=1S/C14H14ClFN2O3/c15-9-1-2-11(16)10(5-9)13(20)18-4-3-14(8-18)7-17-12(19)6-21-14/h1-2,5H,3-4,6-8H2,(H,17,19). The van der Waals surface area contributed by atoms with Gasteiger partial charge in [-0.2, -0.15) is 0 Å². The van der Waals surface area contributed by atoms with Crippen LogP contribution >= 0.6 is 11.6 Å². The van der Waals surface area contributed by atoms with Crippen molar-refractivity contribution >= 4 is 23.4 Å². The molecule has 2 aliphatic rings. The van der Waals surface area contributed by atoms with Crippen LogP contribution in [0.2, 0.25) is 5.02 Å². The zero-order valence-corrected chi connectivity index (χ0v) is 12.0. The van der Waals surface area contributed by atoms with Gasteiger partial charge in [-0.25, -0.2) is 4.39 Å². The third-order valence-electron chi connectivity index (χ3n) is 3.88. The van der Waals surface area contributed by atoms with E-state index in [9.17, 15) is 14.0 Å². The van der Waals surface area contributed by atoms with Gasteiger partial charge in [0.25, 0.3) is 5.91 Å². The van der Waals surface area contributed by atoms with Crippen molar-refractivity contribution in [3.63, 3.8) is 0 Å². The first-order chi connectivity index (χ1) is 9.99. The van der Waals surface area contributed by atoms with Gasteiger partial charge in [0.05, 0.1) is 12.1 Å². The number of morpholine rings is 1. The molecule has 0 aromatic heterocycles. The molecule has 112 valence electrons. The third-order valence-corrected chi connectivity index (χ3v) is 4.11. The molecule has 3 rings (SSSR count). The first kappa shape index (κ1) is 14.3. The molecule has 2 heterocycles. The second-order valence-corrected chi connectivity index (χ2v) is 5.79. The van der Waals surface area contributed by atoms with Crippen LogP contribution in [0.15, 0.2) is 18.2 Å². The van der Waals surface area contributed by atoms with Crippen LogP contribution in [-0.2, 0) is 9.53 Å². The topological polar surface area (TPSA) is 58.6 Å². The van der Waals surface area contributed by atoms with Crippen molar-refractivity contribution in [2.45, 2.75) is 12.0 Å². The van der Waals surface area contributed by atoms with Crippen molar-refractivity contribution in [1.29, 1.82) is 0 Å². The zero-order valence-electron chi connectivity index (χ0n) is 11.2. The third kappa shape index (κ3) is 2.73. The molecule has 2 amide bonds. The monoisotopic (exact) mass is 312 g/mol. The number of carbonyl (C=O) groups is 2. The van der Waals surface area contributed by atoms with Crippen molar-refractivity contribution in [3.8, 4) is 0 Å². The van der Waals surface area contributed by atoms with Crippen molar-refractivity contribution < 1.29 is 18.7 Å². The summed E-state index contributed by atoms with van der Waals surface area (Å²) in [6.07, 6.45) is 0.612. The van der Waals surface area contributed by atoms with E-state index in [1.54, 1.807) is 0 Å². The van der Waals surface area contributed by atoms with E-state index in [1.807, 2.05) is 0 Å². The first-order valence-corrected chi connectivity index (χ1v) is 7.02. The quantitative estimate of drug-likeness (QED) is 0.848. The Morgan fingerprint density at radius 1 is 1.48 bits per heavy atom. The second kappa shape index (κ2) is 5.27. The molecule has 7 heteroatoms. The van der Waals surface area contributed by atoms with E-state index in [-0.39, 0.29) is 18.1 Å². The Labute approximate surface area is 126 Å². The fourth-order valence-electron chi connectivity index (χ4n) is 2.69. The number of likely N-dealkylation sites (tertiary alicyclic amines) is 1. The number of benzene rings is 1. The fourth-order valence-corrected chi connectivity index (χ4v) is 2.86. The zero-order chi connectivity index (χ0) is 15.0. The van der Waals surface area contributed by atoms with E-state index < -0.39 is 17.3 Å². The minimum atomic E-state index is -0.594. The van der Waals surface area contributed by atoms with Gasteiger partial charge in [-0.15, -0.1) is 0 Å². The maximum absolute atomic E-state index is 13.8. The van der Waals surface area contributed by atoms with Crippen molar-refractivity contribution in [1.82, 2.24) is 10.2 Å². The minimum absolute atomic E-state index is 0.00639. The van der Waals surface area contributed by atoms with E-state index in [0.29, 0.717) is 31.1 Å². The molecule has 1 atom stereocenters. The summed E-state index contributed by atoms with van der Waals surface area (Å²) in [6, 6.07) is 3.91. The van der Waals surface area contributed by atoms with E-state index in [0.717, 1.165) is 0 Å². The Morgan fingerprint density at radius 3 is 3.00 bits per heavy atom. The van der Waals surface area contributed by atoms with E-state index in [4.69, 9.17) is 16.3 Å². The van der Waals surface area contributed by atoms with Gasteiger partial charge >= 0.3 is 0 Å². The number of ether oxygens (including phenoxy) is 1. The highest BCUT2D eigenvalue weighted by Gasteiger charge is 2.44. The van der Waals surface area contributed by atoms with Gasteiger partial charge in [0.2, 0.25) is 5.91 Å². The van der Waals surface area contributed by atoms with Gasteiger partial charge in [-0.3, -0.25) is 9.59 Å². The van der Waals surface area contributed by atoms with Gasteiger partial charge in [0.1, 0.15) is 18.0 Å². The average Bonchev–Trinajstić information content (AvgIpc) is 2.89. The van der Waals surface area contributed by atoms with Crippen LogP contribution in [0.1, 0.15) is 16.8 Å². The Hall–Kier alpha value is -1.66. The lowest BCUT2D eigenvalue weighted by molar-refractivity contribution is -0.141. The van der Waals surface area contributed by atoms with Gasteiger partial charge < -0.3 is 15.0 Å². The molecule has 2 aliphatic heterocycles. The maximum atomic E-state index is 13.8. The van der Waals surface area contributed by atoms with Crippen molar-refractivity contribution in [2.24, 2.45) is 0 Å². The molecule has 0 bridgehead atoms. The number of amides is 2. The van der Waals surface area contributed by atoms with E-state index in [1.165, 1.54) is 23.1 Å². The number of rotatable bonds is 1. The summed E-state index contributed by atoms with van der Waals surface area (Å²) < 4.78 is 19.3. The van der Waals surface area contributed by atoms with Gasteiger partial charge in [-0.1, -0.05) is 11.6 Å². The summed E-state index contributed by atoms with van der Waals surface area (Å²) in [6.45, 7) is 1.15. The number of hydrogen-bond donors (Lipinski definition) is 1. The smallest absolute Gasteiger partial charge is 0.256 e. The van der Waals surface area contributed by atoms with Crippen LogP contribution in [-0.4, -0.2) is 48.6 Å². The molecule has 5 nitrogen and oxygen atoms in total. The molecule has 2 saturated heterocycles. The summed E-state index contributed by atoms with van der Waals surface area (Å²) >= 11 is 5.82. The molecule has 0 saturated carbocycles. The van der Waals surface area contributed by atoms with E-state index >= 15 is 0 Å². The molecule has 0 aliphatic carbocycles. The van der Waals surface area contributed by atoms with E-state index in [2.05, 4.69) is 5.32 Å². The minimum Gasteiger partial charge on any atom is -0.361 e. The first-order valence-electron chi connectivity index (χ1n) is 6.64. The van der Waals surface area contributed by atoms with Gasteiger partial charge in [0, 0.05) is 18.1 Å². The molecule has 1 aromatic carbocycles. The van der Waals surface area contributed by atoms with Crippen molar-refractivity contribution in [3.05, 3.63) is 34.6 Å².